The van der Waals surface area contributed by atoms with Gasteiger partial charge in [-0.1, -0.05) is 24.2 Å². The van der Waals surface area contributed by atoms with Crippen molar-refractivity contribution in [2.45, 2.75) is 32.2 Å². The fourth-order valence-electron chi connectivity index (χ4n) is 1.73. The molecule has 1 rings (SSSR count). The maximum Gasteiger partial charge on any atom is 0.224 e. The summed E-state index contributed by atoms with van der Waals surface area (Å²) >= 11 is 0. The molecule has 0 saturated carbocycles. The SMILES string of the molecule is CCC(C/C(N)=N/O)NC(=O)Cc1cccc(F)c1F. The van der Waals surface area contributed by atoms with Crippen LogP contribution in [0.2, 0.25) is 0 Å². The molecule has 110 valence electrons. The van der Waals surface area contributed by atoms with E-state index in [0.717, 1.165) is 6.07 Å². The summed E-state index contributed by atoms with van der Waals surface area (Å²) in [6, 6.07) is 3.36. The molecular formula is C13H17F2N3O2. The molecular weight excluding hydrogens is 268 g/mol. The lowest BCUT2D eigenvalue weighted by Gasteiger charge is -2.16. The van der Waals surface area contributed by atoms with E-state index in [0.29, 0.717) is 6.42 Å². The maximum absolute atomic E-state index is 13.4. The lowest BCUT2D eigenvalue weighted by Crippen LogP contribution is -2.38. The first-order chi connectivity index (χ1) is 9.47. The van der Waals surface area contributed by atoms with Gasteiger partial charge >= 0.3 is 0 Å². The third kappa shape index (κ3) is 4.49. The molecule has 7 heteroatoms. The van der Waals surface area contributed by atoms with Gasteiger partial charge in [-0.05, 0) is 12.5 Å². The zero-order valence-corrected chi connectivity index (χ0v) is 11.1. The van der Waals surface area contributed by atoms with Gasteiger partial charge in [0.05, 0.1) is 6.42 Å². The minimum absolute atomic E-state index is 0.00548. The van der Waals surface area contributed by atoms with Gasteiger partial charge < -0.3 is 16.3 Å². The quantitative estimate of drug-likeness (QED) is 0.320. The molecule has 1 aromatic carbocycles. The molecule has 0 saturated heterocycles. The molecule has 1 atom stereocenters. The number of carbonyl (C=O) groups excluding carboxylic acids is 1. The fraction of sp³-hybridized carbons (Fsp3) is 0.385. The molecule has 4 N–H and O–H groups in total. The first-order valence-electron chi connectivity index (χ1n) is 6.16. The van der Waals surface area contributed by atoms with E-state index < -0.39 is 17.5 Å². The van der Waals surface area contributed by atoms with Crippen molar-refractivity contribution in [3.05, 3.63) is 35.4 Å². The topological polar surface area (TPSA) is 87.7 Å². The monoisotopic (exact) mass is 285 g/mol. The van der Waals surface area contributed by atoms with Crippen LogP contribution in [0.3, 0.4) is 0 Å². The predicted molar refractivity (Wildman–Crippen MR) is 70.3 cm³/mol. The number of nitrogens with two attached hydrogens (primary N) is 1. The summed E-state index contributed by atoms with van der Waals surface area (Å²) in [6.45, 7) is 1.82. The highest BCUT2D eigenvalue weighted by Crippen LogP contribution is 2.12. The second kappa shape index (κ2) is 7.42. The third-order valence-corrected chi connectivity index (χ3v) is 2.82. The van der Waals surface area contributed by atoms with E-state index in [-0.39, 0.29) is 30.3 Å². The highest BCUT2D eigenvalue weighted by molar-refractivity contribution is 5.82. The van der Waals surface area contributed by atoms with Gasteiger partial charge in [-0.25, -0.2) is 8.78 Å². The van der Waals surface area contributed by atoms with E-state index in [4.69, 9.17) is 10.9 Å². The Morgan fingerprint density at radius 2 is 2.20 bits per heavy atom. The highest BCUT2D eigenvalue weighted by atomic mass is 19.2. The Hall–Kier alpha value is -2.18. The molecule has 0 aliphatic carbocycles. The largest absolute Gasteiger partial charge is 0.409 e. The highest BCUT2D eigenvalue weighted by Gasteiger charge is 2.15. The van der Waals surface area contributed by atoms with Crippen molar-refractivity contribution in [1.29, 1.82) is 0 Å². The van der Waals surface area contributed by atoms with Crippen LogP contribution < -0.4 is 11.1 Å². The van der Waals surface area contributed by atoms with Crippen LogP contribution in [0, 0.1) is 11.6 Å². The van der Waals surface area contributed by atoms with Gasteiger partial charge in [0.15, 0.2) is 11.6 Å². The molecule has 0 aliphatic heterocycles. The minimum atomic E-state index is -1.02. The summed E-state index contributed by atoms with van der Waals surface area (Å²) in [4.78, 5) is 11.8. The Morgan fingerprint density at radius 1 is 1.50 bits per heavy atom. The number of hydrogen-bond acceptors (Lipinski definition) is 3. The van der Waals surface area contributed by atoms with Gasteiger partial charge in [-0.3, -0.25) is 4.79 Å². The van der Waals surface area contributed by atoms with Crippen molar-refractivity contribution in [1.82, 2.24) is 5.32 Å². The van der Waals surface area contributed by atoms with Gasteiger partial charge in [-0.2, -0.15) is 0 Å². The number of halogens is 2. The average molecular weight is 285 g/mol. The summed E-state index contributed by atoms with van der Waals surface area (Å²) in [7, 11) is 0. The molecule has 0 radical (unpaired) electrons. The summed E-state index contributed by atoms with van der Waals surface area (Å²) in [5.74, 6) is -2.47. The maximum atomic E-state index is 13.4. The molecule has 0 fully saturated rings. The van der Waals surface area contributed by atoms with Gasteiger partial charge in [-0.15, -0.1) is 0 Å². The molecule has 20 heavy (non-hydrogen) atoms. The number of rotatable bonds is 6. The van der Waals surface area contributed by atoms with Gasteiger partial charge in [0.2, 0.25) is 5.91 Å². The van der Waals surface area contributed by atoms with Crippen LogP contribution in [0.4, 0.5) is 8.78 Å². The lowest BCUT2D eigenvalue weighted by molar-refractivity contribution is -0.121. The number of carbonyl (C=O) groups is 1. The number of nitrogens with one attached hydrogen (secondary N) is 1. The summed E-state index contributed by atoms with van der Waals surface area (Å²) in [6.07, 6.45) is 0.480. The van der Waals surface area contributed by atoms with Crippen LogP contribution in [0.1, 0.15) is 25.3 Å². The second-order valence-electron chi connectivity index (χ2n) is 4.36. The van der Waals surface area contributed by atoms with E-state index in [9.17, 15) is 13.6 Å². The molecule has 1 aromatic rings. The van der Waals surface area contributed by atoms with Crippen LogP contribution in [0.5, 0.6) is 0 Å². The fourth-order valence-corrected chi connectivity index (χ4v) is 1.73. The summed E-state index contributed by atoms with van der Waals surface area (Å²) in [5, 5.41) is 13.9. The Labute approximate surface area is 115 Å². The predicted octanol–water partition coefficient (Wildman–Crippen LogP) is 1.54. The molecule has 0 aliphatic rings. The van der Waals surface area contributed by atoms with Crippen LogP contribution in [-0.2, 0) is 11.2 Å². The van der Waals surface area contributed by atoms with Crippen molar-refractivity contribution < 1.29 is 18.8 Å². The Kier molecular flexibility index (Phi) is 5.89. The number of amidine groups is 1. The Morgan fingerprint density at radius 3 is 2.80 bits per heavy atom. The van der Waals surface area contributed by atoms with Crippen molar-refractivity contribution in [2.75, 3.05) is 0 Å². The molecule has 1 amide bonds. The first-order valence-corrected chi connectivity index (χ1v) is 6.16. The van der Waals surface area contributed by atoms with Gasteiger partial charge in [0.1, 0.15) is 5.84 Å². The smallest absolute Gasteiger partial charge is 0.224 e. The van der Waals surface area contributed by atoms with E-state index in [1.165, 1.54) is 12.1 Å². The molecule has 0 heterocycles. The van der Waals surface area contributed by atoms with Crippen molar-refractivity contribution in [3.8, 4) is 0 Å². The third-order valence-electron chi connectivity index (χ3n) is 2.82. The van der Waals surface area contributed by atoms with Gasteiger partial charge in [0, 0.05) is 18.0 Å². The minimum Gasteiger partial charge on any atom is -0.409 e. The number of nitrogens with zero attached hydrogens (tertiary/aromatic N) is 1. The Bertz CT molecular complexity index is 506. The van der Waals surface area contributed by atoms with Crippen molar-refractivity contribution in [3.63, 3.8) is 0 Å². The van der Waals surface area contributed by atoms with Crippen LogP contribution in [0.15, 0.2) is 23.4 Å². The zero-order valence-electron chi connectivity index (χ0n) is 11.1. The van der Waals surface area contributed by atoms with E-state index >= 15 is 0 Å². The molecule has 0 bridgehead atoms. The molecule has 5 nitrogen and oxygen atoms in total. The zero-order chi connectivity index (χ0) is 15.1. The van der Waals surface area contributed by atoms with Crippen molar-refractivity contribution in [2.24, 2.45) is 10.9 Å². The van der Waals surface area contributed by atoms with E-state index in [2.05, 4.69) is 10.5 Å². The number of benzene rings is 1. The van der Waals surface area contributed by atoms with Crippen molar-refractivity contribution >= 4 is 11.7 Å². The van der Waals surface area contributed by atoms with Crippen LogP contribution >= 0.6 is 0 Å². The Balaban J connectivity index is 2.64. The molecule has 1 unspecified atom stereocenters. The average Bonchev–Trinajstić information content (AvgIpc) is 2.42. The second-order valence-corrected chi connectivity index (χ2v) is 4.36. The molecule has 0 spiro atoms. The van der Waals surface area contributed by atoms with Crippen LogP contribution in [0.25, 0.3) is 0 Å². The summed E-state index contributed by atoms with van der Waals surface area (Å²) < 4.78 is 26.4. The summed E-state index contributed by atoms with van der Waals surface area (Å²) in [5.41, 5.74) is 5.35. The van der Waals surface area contributed by atoms with E-state index in [1.807, 2.05) is 6.92 Å². The number of hydrogen-bond donors (Lipinski definition) is 3. The normalized spacial score (nSPS) is 13.1. The van der Waals surface area contributed by atoms with Crippen LogP contribution in [-0.4, -0.2) is 23.0 Å². The number of oxime groups is 1. The van der Waals surface area contributed by atoms with Gasteiger partial charge in [0.25, 0.3) is 0 Å². The lowest BCUT2D eigenvalue weighted by atomic mass is 10.1. The van der Waals surface area contributed by atoms with E-state index in [1.54, 1.807) is 0 Å². The molecule has 0 aromatic heterocycles. The number of amides is 1. The standard InChI is InChI=1S/C13H17F2N3O2/c1-2-9(7-11(16)18-20)17-12(19)6-8-4-3-5-10(14)13(8)15/h3-5,9,20H,2,6-7H2,1H3,(H2,16,18)(H,17,19). The first kappa shape index (κ1) is 15.9.